The Hall–Kier alpha value is -1.48. The third kappa shape index (κ3) is 4.28. The number of hydrogen-bond acceptors (Lipinski definition) is 3. The minimum atomic E-state index is 0.0516. The van der Waals surface area contributed by atoms with Crippen molar-refractivity contribution in [3.05, 3.63) is 29.3 Å². The molecule has 1 aromatic rings. The van der Waals surface area contributed by atoms with E-state index in [4.69, 9.17) is 9.47 Å². The van der Waals surface area contributed by atoms with E-state index in [0.717, 1.165) is 16.9 Å². The van der Waals surface area contributed by atoms with Crippen LogP contribution in [0.15, 0.2) is 23.8 Å². The van der Waals surface area contributed by atoms with E-state index in [1.165, 1.54) is 0 Å². The van der Waals surface area contributed by atoms with E-state index in [0.29, 0.717) is 11.7 Å². The molecule has 3 heteroatoms. The number of benzene rings is 1. The summed E-state index contributed by atoms with van der Waals surface area (Å²) in [7, 11) is 1.63. The van der Waals surface area contributed by atoms with Crippen molar-refractivity contribution in [1.82, 2.24) is 0 Å². The number of para-hydroxylation sites is 1. The first kappa shape index (κ1) is 15.6. The highest BCUT2D eigenvalue weighted by molar-refractivity contribution is 5.64. The van der Waals surface area contributed by atoms with Crippen LogP contribution in [0.25, 0.3) is 6.08 Å². The van der Waals surface area contributed by atoms with Crippen molar-refractivity contribution in [3.63, 3.8) is 0 Å². The smallest absolute Gasteiger partial charge is 0.168 e. The van der Waals surface area contributed by atoms with Gasteiger partial charge in [-0.2, -0.15) is 0 Å². The van der Waals surface area contributed by atoms with Gasteiger partial charge in [0.15, 0.2) is 11.5 Å². The Morgan fingerprint density at radius 1 is 1.26 bits per heavy atom. The minimum Gasteiger partial charge on any atom is -0.493 e. The highest BCUT2D eigenvalue weighted by Gasteiger charge is 2.12. The lowest BCUT2D eigenvalue weighted by molar-refractivity contribution is 0.229. The maximum atomic E-state index is 9.42. The lowest BCUT2D eigenvalue weighted by atomic mass is 10.0. The molecule has 0 unspecified atom stereocenters. The average molecular weight is 264 g/mol. The topological polar surface area (TPSA) is 38.7 Å². The van der Waals surface area contributed by atoms with Crippen molar-refractivity contribution in [2.24, 2.45) is 5.92 Å². The molecule has 0 fully saturated rings. The van der Waals surface area contributed by atoms with Crippen molar-refractivity contribution >= 4 is 6.08 Å². The first-order chi connectivity index (χ1) is 8.99. The first-order valence-electron chi connectivity index (χ1n) is 6.64. The van der Waals surface area contributed by atoms with Crippen molar-refractivity contribution in [2.45, 2.75) is 33.8 Å². The van der Waals surface area contributed by atoms with E-state index in [2.05, 4.69) is 13.8 Å². The Kier molecular flexibility index (Phi) is 5.90. The molecule has 1 rings (SSSR count). The fourth-order valence-electron chi connectivity index (χ4n) is 1.76. The van der Waals surface area contributed by atoms with E-state index < -0.39 is 0 Å². The molecule has 0 spiro atoms. The predicted molar refractivity (Wildman–Crippen MR) is 78.7 cm³/mol. The maximum absolute atomic E-state index is 9.42. The van der Waals surface area contributed by atoms with Gasteiger partial charge in [0.2, 0.25) is 0 Å². The summed E-state index contributed by atoms with van der Waals surface area (Å²) < 4.78 is 11.2. The number of ether oxygens (including phenoxy) is 2. The first-order valence-corrected chi connectivity index (χ1v) is 6.64. The van der Waals surface area contributed by atoms with E-state index in [-0.39, 0.29) is 12.7 Å². The zero-order chi connectivity index (χ0) is 14.4. The Morgan fingerprint density at radius 2 is 1.95 bits per heavy atom. The molecule has 1 aromatic carbocycles. The third-order valence-electron chi connectivity index (χ3n) is 2.85. The zero-order valence-electron chi connectivity index (χ0n) is 12.4. The Balaban J connectivity index is 3.25. The fourth-order valence-corrected chi connectivity index (χ4v) is 1.76. The van der Waals surface area contributed by atoms with E-state index in [9.17, 15) is 5.11 Å². The van der Waals surface area contributed by atoms with Gasteiger partial charge in [-0.25, -0.2) is 0 Å². The molecule has 19 heavy (non-hydrogen) atoms. The zero-order valence-corrected chi connectivity index (χ0v) is 12.4. The van der Waals surface area contributed by atoms with Crippen LogP contribution in [0.2, 0.25) is 0 Å². The monoisotopic (exact) mass is 264 g/mol. The highest BCUT2D eigenvalue weighted by Crippen LogP contribution is 2.34. The molecule has 0 saturated heterocycles. The van der Waals surface area contributed by atoms with Crippen molar-refractivity contribution in [1.29, 1.82) is 0 Å². The Labute approximate surface area is 115 Å². The fraction of sp³-hybridized carbons (Fsp3) is 0.500. The van der Waals surface area contributed by atoms with Gasteiger partial charge in [0, 0.05) is 5.56 Å². The molecule has 3 nitrogen and oxygen atoms in total. The second kappa shape index (κ2) is 7.19. The maximum Gasteiger partial charge on any atom is 0.168 e. The van der Waals surface area contributed by atoms with Gasteiger partial charge in [-0.3, -0.25) is 0 Å². The molecule has 0 aliphatic carbocycles. The van der Waals surface area contributed by atoms with Crippen LogP contribution in [-0.2, 0) is 0 Å². The number of rotatable bonds is 6. The van der Waals surface area contributed by atoms with Gasteiger partial charge in [0.25, 0.3) is 0 Å². The van der Waals surface area contributed by atoms with Crippen LogP contribution in [0.5, 0.6) is 11.5 Å². The van der Waals surface area contributed by atoms with E-state index in [1.807, 2.05) is 38.1 Å². The molecule has 0 atom stereocenters. The molecule has 1 N–H and O–H groups in total. The van der Waals surface area contributed by atoms with Gasteiger partial charge in [-0.05, 0) is 37.5 Å². The summed E-state index contributed by atoms with van der Waals surface area (Å²) in [5.74, 6) is 1.73. The normalized spacial score (nSPS) is 12.1. The SMILES string of the molecule is COc1cccc(C=C(CO)C(C)C)c1OC(C)C. The lowest BCUT2D eigenvalue weighted by Crippen LogP contribution is -2.08. The number of aliphatic hydroxyl groups excluding tert-OH is 1. The summed E-state index contributed by atoms with van der Waals surface area (Å²) in [6.45, 7) is 8.14. The van der Waals surface area contributed by atoms with Gasteiger partial charge in [-0.15, -0.1) is 0 Å². The van der Waals surface area contributed by atoms with Gasteiger partial charge in [0.1, 0.15) is 0 Å². The van der Waals surface area contributed by atoms with Crippen LogP contribution in [0.4, 0.5) is 0 Å². The van der Waals surface area contributed by atoms with Crippen LogP contribution < -0.4 is 9.47 Å². The third-order valence-corrected chi connectivity index (χ3v) is 2.85. The molecule has 0 aromatic heterocycles. The van der Waals surface area contributed by atoms with Gasteiger partial charge >= 0.3 is 0 Å². The standard InChI is InChI=1S/C16H24O3/c1-11(2)14(10-17)9-13-7-6-8-15(18-5)16(13)19-12(3)4/h6-9,11-12,17H,10H2,1-5H3. The lowest BCUT2D eigenvalue weighted by Gasteiger charge is -2.17. The average Bonchev–Trinajstić information content (AvgIpc) is 2.36. The van der Waals surface area contributed by atoms with Crippen LogP contribution in [-0.4, -0.2) is 24.9 Å². The molecule has 0 bridgehead atoms. The molecule has 0 aliphatic rings. The summed E-state index contributed by atoms with van der Waals surface area (Å²) in [6, 6.07) is 5.77. The Bertz CT molecular complexity index is 434. The second-order valence-electron chi connectivity index (χ2n) is 5.08. The molecule has 0 aliphatic heterocycles. The summed E-state index contributed by atoms with van der Waals surface area (Å²) in [5, 5.41) is 9.42. The summed E-state index contributed by atoms with van der Waals surface area (Å²) in [6.07, 6.45) is 2.05. The minimum absolute atomic E-state index is 0.0516. The molecule has 0 amide bonds. The molecular weight excluding hydrogens is 240 g/mol. The Morgan fingerprint density at radius 3 is 2.42 bits per heavy atom. The van der Waals surface area contributed by atoms with E-state index in [1.54, 1.807) is 7.11 Å². The number of aliphatic hydroxyl groups is 1. The van der Waals surface area contributed by atoms with Crippen LogP contribution >= 0.6 is 0 Å². The van der Waals surface area contributed by atoms with Gasteiger partial charge in [-0.1, -0.05) is 26.0 Å². The number of hydrogen-bond donors (Lipinski definition) is 1. The molecule has 0 heterocycles. The quantitative estimate of drug-likeness (QED) is 0.854. The van der Waals surface area contributed by atoms with Crippen molar-refractivity contribution in [3.8, 4) is 11.5 Å². The van der Waals surface area contributed by atoms with Crippen LogP contribution in [0, 0.1) is 5.92 Å². The van der Waals surface area contributed by atoms with E-state index >= 15 is 0 Å². The van der Waals surface area contributed by atoms with Gasteiger partial charge in [0.05, 0.1) is 19.8 Å². The van der Waals surface area contributed by atoms with Crippen molar-refractivity contribution in [2.75, 3.05) is 13.7 Å². The molecular formula is C16H24O3. The summed E-state index contributed by atoms with van der Waals surface area (Å²) >= 11 is 0. The molecule has 0 radical (unpaired) electrons. The highest BCUT2D eigenvalue weighted by atomic mass is 16.5. The predicted octanol–water partition coefficient (Wildman–Crippen LogP) is 3.51. The van der Waals surface area contributed by atoms with Gasteiger partial charge < -0.3 is 14.6 Å². The largest absolute Gasteiger partial charge is 0.493 e. The van der Waals surface area contributed by atoms with Crippen LogP contribution in [0.3, 0.4) is 0 Å². The summed E-state index contributed by atoms with van der Waals surface area (Å²) in [4.78, 5) is 0. The number of methoxy groups -OCH3 is 1. The molecule has 106 valence electrons. The van der Waals surface area contributed by atoms with Crippen molar-refractivity contribution < 1.29 is 14.6 Å². The second-order valence-corrected chi connectivity index (χ2v) is 5.08. The van der Waals surface area contributed by atoms with Crippen LogP contribution in [0.1, 0.15) is 33.3 Å². The summed E-state index contributed by atoms with van der Waals surface area (Å²) in [5.41, 5.74) is 1.91. The molecule has 0 saturated carbocycles.